The normalized spacial score (nSPS) is 12.2. The number of carbonyl (C=O) groups excluding carboxylic acids is 2. The molecule has 0 saturated heterocycles. The van der Waals surface area contributed by atoms with Crippen LogP contribution in [0.1, 0.15) is 58.4 Å². The van der Waals surface area contributed by atoms with Crippen LogP contribution in [-0.4, -0.2) is 47.3 Å². The number of benzene rings is 1. The highest BCUT2D eigenvalue weighted by Gasteiger charge is 2.22. The van der Waals surface area contributed by atoms with E-state index in [-0.39, 0.29) is 17.7 Å². The smallest absolute Gasteiger partial charge is 0.268 e. The zero-order valence-corrected chi connectivity index (χ0v) is 17.1. The van der Waals surface area contributed by atoms with Crippen LogP contribution < -0.4 is 5.32 Å². The lowest BCUT2D eigenvalue weighted by Crippen LogP contribution is -2.45. The molecule has 0 saturated carbocycles. The monoisotopic (exact) mass is 369 g/mol. The average molecular weight is 370 g/mol. The van der Waals surface area contributed by atoms with Crippen molar-refractivity contribution >= 4 is 11.7 Å². The molecule has 0 aliphatic heterocycles. The molecule has 27 heavy (non-hydrogen) atoms. The van der Waals surface area contributed by atoms with E-state index in [1.54, 1.807) is 0 Å². The molecule has 0 aliphatic carbocycles. The molecule has 2 N–H and O–H groups in total. The Hall–Kier alpha value is -2.40. The van der Waals surface area contributed by atoms with Gasteiger partial charge in [-0.3, -0.25) is 14.5 Å². The van der Waals surface area contributed by atoms with E-state index in [1.807, 2.05) is 32.0 Å². The minimum Gasteiger partial charge on any atom is -0.354 e. The van der Waals surface area contributed by atoms with E-state index in [0.717, 1.165) is 30.8 Å². The number of aromatic nitrogens is 1. The molecule has 0 bridgehead atoms. The van der Waals surface area contributed by atoms with Gasteiger partial charge in [0.15, 0.2) is 5.78 Å². The quantitative estimate of drug-likeness (QED) is 0.665. The Labute approximate surface area is 162 Å². The largest absolute Gasteiger partial charge is 0.354 e. The predicted molar refractivity (Wildman–Crippen MR) is 109 cm³/mol. The van der Waals surface area contributed by atoms with Gasteiger partial charge in [0.2, 0.25) is 0 Å². The highest BCUT2D eigenvalue weighted by atomic mass is 16.2. The number of amides is 1. The van der Waals surface area contributed by atoms with Crippen molar-refractivity contribution in [2.45, 2.75) is 47.1 Å². The molecule has 2 aromatic rings. The fraction of sp³-hybridized carbons (Fsp3) is 0.455. The molecule has 0 aliphatic rings. The van der Waals surface area contributed by atoms with Crippen molar-refractivity contribution in [2.24, 2.45) is 0 Å². The zero-order chi connectivity index (χ0) is 20.0. The molecule has 1 atom stereocenters. The first-order valence-corrected chi connectivity index (χ1v) is 9.65. The van der Waals surface area contributed by atoms with Crippen molar-refractivity contribution < 1.29 is 9.59 Å². The summed E-state index contributed by atoms with van der Waals surface area (Å²) in [6.07, 6.45) is 0.879. The van der Waals surface area contributed by atoms with Crippen LogP contribution in [0.3, 0.4) is 0 Å². The van der Waals surface area contributed by atoms with Crippen LogP contribution >= 0.6 is 0 Å². The van der Waals surface area contributed by atoms with E-state index < -0.39 is 0 Å². The number of nitrogens with one attached hydrogen (secondary N) is 2. The van der Waals surface area contributed by atoms with Crippen molar-refractivity contribution in [3.63, 3.8) is 0 Å². The summed E-state index contributed by atoms with van der Waals surface area (Å²) in [6.45, 7) is 11.9. The lowest BCUT2D eigenvalue weighted by atomic mass is 10.0. The van der Waals surface area contributed by atoms with Gasteiger partial charge in [-0.2, -0.15) is 0 Å². The third-order valence-corrected chi connectivity index (χ3v) is 5.16. The first-order chi connectivity index (χ1) is 12.9. The second kappa shape index (κ2) is 9.51. The number of aryl methyl sites for hydroxylation is 1. The number of nitrogens with zero attached hydrogens (tertiary/aromatic N) is 1. The molecule has 5 heteroatoms. The van der Waals surface area contributed by atoms with Crippen LogP contribution in [0.2, 0.25) is 0 Å². The number of hydrogen-bond acceptors (Lipinski definition) is 3. The number of aromatic amines is 1. The van der Waals surface area contributed by atoms with Crippen LogP contribution in [0.4, 0.5) is 0 Å². The van der Waals surface area contributed by atoms with Gasteiger partial charge in [-0.1, -0.05) is 44.2 Å². The van der Waals surface area contributed by atoms with E-state index in [4.69, 9.17) is 0 Å². The van der Waals surface area contributed by atoms with Crippen LogP contribution in [0.25, 0.3) is 0 Å². The van der Waals surface area contributed by atoms with E-state index in [2.05, 4.69) is 41.2 Å². The van der Waals surface area contributed by atoms with Gasteiger partial charge >= 0.3 is 0 Å². The van der Waals surface area contributed by atoms with E-state index in [9.17, 15) is 9.59 Å². The van der Waals surface area contributed by atoms with Gasteiger partial charge in [-0.15, -0.1) is 0 Å². The van der Waals surface area contributed by atoms with Crippen molar-refractivity contribution in [3.8, 4) is 0 Å². The summed E-state index contributed by atoms with van der Waals surface area (Å²) in [4.78, 5) is 30.0. The number of ketones is 1. The fourth-order valence-corrected chi connectivity index (χ4v) is 3.76. The van der Waals surface area contributed by atoms with Crippen molar-refractivity contribution in [2.75, 3.05) is 19.6 Å². The number of carbonyl (C=O) groups is 2. The summed E-state index contributed by atoms with van der Waals surface area (Å²) in [5.41, 5.74) is 3.82. The number of Topliss-reactive ketones (excluding diaryl/α,β-unsaturated/α-hetero) is 1. The molecular formula is C22H31N3O2. The van der Waals surface area contributed by atoms with Gasteiger partial charge in [0.25, 0.3) is 5.91 Å². The van der Waals surface area contributed by atoms with Crippen LogP contribution in [0, 0.1) is 13.8 Å². The van der Waals surface area contributed by atoms with Gasteiger partial charge in [-0.25, -0.2) is 0 Å². The molecule has 1 amide bonds. The minimum absolute atomic E-state index is 0.0228. The fourth-order valence-electron chi connectivity index (χ4n) is 3.76. The number of rotatable bonds is 9. The zero-order valence-electron chi connectivity index (χ0n) is 17.1. The Morgan fingerprint density at radius 2 is 1.74 bits per heavy atom. The maximum atomic E-state index is 12.7. The van der Waals surface area contributed by atoms with Crippen molar-refractivity contribution in [1.29, 1.82) is 0 Å². The maximum absolute atomic E-state index is 12.7. The van der Waals surface area contributed by atoms with Gasteiger partial charge < -0.3 is 10.3 Å². The Morgan fingerprint density at radius 1 is 1.11 bits per heavy atom. The summed E-state index contributed by atoms with van der Waals surface area (Å²) in [6, 6.07) is 10.6. The van der Waals surface area contributed by atoms with Crippen molar-refractivity contribution in [3.05, 3.63) is 58.4 Å². The molecular weight excluding hydrogens is 338 g/mol. The molecule has 1 aromatic carbocycles. The Morgan fingerprint density at radius 3 is 2.26 bits per heavy atom. The average Bonchev–Trinajstić information content (AvgIpc) is 2.95. The minimum atomic E-state index is -0.159. The van der Waals surface area contributed by atoms with Gasteiger partial charge in [0, 0.05) is 23.8 Å². The van der Waals surface area contributed by atoms with Crippen LogP contribution in [-0.2, 0) is 6.42 Å². The summed E-state index contributed by atoms with van der Waals surface area (Å²) in [5, 5.41) is 3.07. The van der Waals surface area contributed by atoms with Gasteiger partial charge in [0.05, 0.1) is 0 Å². The maximum Gasteiger partial charge on any atom is 0.268 e. The molecule has 1 aromatic heterocycles. The Balaban J connectivity index is 2.13. The molecule has 1 heterocycles. The Bertz CT molecular complexity index is 776. The lowest BCUT2D eigenvalue weighted by molar-refractivity contribution is 0.0929. The van der Waals surface area contributed by atoms with E-state index in [0.29, 0.717) is 17.8 Å². The first kappa shape index (κ1) is 20.9. The summed E-state index contributed by atoms with van der Waals surface area (Å²) >= 11 is 0. The Kier molecular flexibility index (Phi) is 7.36. The lowest BCUT2D eigenvalue weighted by Gasteiger charge is -2.30. The number of likely N-dealkylation sites (N-methyl/N-ethyl adjacent to an activating group) is 1. The second-order valence-electron chi connectivity index (χ2n) is 6.96. The molecule has 0 radical (unpaired) electrons. The van der Waals surface area contributed by atoms with E-state index >= 15 is 0 Å². The SMILES string of the molecule is CCN(CC)C(CNC(=O)c1[nH]c(C)c(C(C)=O)c1C)Cc1ccccc1. The summed E-state index contributed by atoms with van der Waals surface area (Å²) in [7, 11) is 0. The highest BCUT2D eigenvalue weighted by Crippen LogP contribution is 2.18. The van der Waals surface area contributed by atoms with Gasteiger partial charge in [-0.05, 0) is 51.4 Å². The predicted octanol–water partition coefficient (Wildman–Crippen LogP) is 3.52. The van der Waals surface area contributed by atoms with E-state index in [1.165, 1.54) is 12.5 Å². The van der Waals surface area contributed by atoms with Crippen LogP contribution in [0.15, 0.2) is 30.3 Å². The second-order valence-corrected chi connectivity index (χ2v) is 6.96. The van der Waals surface area contributed by atoms with Gasteiger partial charge in [0.1, 0.15) is 5.69 Å². The third kappa shape index (κ3) is 5.07. The first-order valence-electron chi connectivity index (χ1n) is 9.65. The topological polar surface area (TPSA) is 65.2 Å². The summed E-state index contributed by atoms with van der Waals surface area (Å²) in [5.74, 6) is -0.182. The molecule has 2 rings (SSSR count). The molecule has 0 fully saturated rings. The standard InChI is InChI=1S/C22H31N3O2/c1-6-25(7-2)19(13-18-11-9-8-10-12-18)14-23-22(27)21-15(3)20(17(5)26)16(4)24-21/h8-12,19,24H,6-7,13-14H2,1-5H3,(H,23,27). The molecule has 5 nitrogen and oxygen atoms in total. The molecule has 146 valence electrons. The number of H-pyrrole nitrogens is 1. The van der Waals surface area contributed by atoms with Crippen LogP contribution in [0.5, 0.6) is 0 Å². The van der Waals surface area contributed by atoms with Crippen molar-refractivity contribution in [1.82, 2.24) is 15.2 Å². The third-order valence-electron chi connectivity index (χ3n) is 5.16. The molecule has 0 spiro atoms. The molecule has 1 unspecified atom stereocenters. The summed E-state index contributed by atoms with van der Waals surface area (Å²) < 4.78 is 0. The highest BCUT2D eigenvalue weighted by molar-refractivity contribution is 6.02. The number of hydrogen-bond donors (Lipinski definition) is 2.